The van der Waals surface area contributed by atoms with Gasteiger partial charge in [0.1, 0.15) is 0 Å². The summed E-state index contributed by atoms with van der Waals surface area (Å²) in [6.45, 7) is 2.02. The van der Waals surface area contributed by atoms with Crippen molar-refractivity contribution in [2.45, 2.75) is 32.6 Å². The number of hydrogen-bond donors (Lipinski definition) is 0. The van der Waals surface area contributed by atoms with E-state index in [2.05, 4.69) is 6.07 Å². The Morgan fingerprint density at radius 3 is 2.82 bits per heavy atom. The number of hydrogen-bond acceptors (Lipinski definition) is 2. The summed E-state index contributed by atoms with van der Waals surface area (Å²) in [5.74, 6) is 0.184. The van der Waals surface area contributed by atoms with E-state index < -0.39 is 0 Å². The number of rotatable bonds is 2. The van der Waals surface area contributed by atoms with Gasteiger partial charge in [-0.1, -0.05) is 13.3 Å². The topological polar surface area (TPSA) is 40.9 Å². The number of nitrogens with zero attached hydrogens (tertiary/aromatic N) is 1. The summed E-state index contributed by atoms with van der Waals surface area (Å²) in [6.07, 6.45) is 2.96. The highest BCUT2D eigenvalue weighted by molar-refractivity contribution is 5.99. The molecular formula is C9H11NO. The summed E-state index contributed by atoms with van der Waals surface area (Å²) in [6, 6.07) is 2.09. The minimum atomic E-state index is 0.184. The largest absolute Gasteiger partial charge is 0.295 e. The Hall–Kier alpha value is -1.10. The highest BCUT2D eigenvalue weighted by Gasteiger charge is 2.21. The average molecular weight is 149 g/mol. The third kappa shape index (κ3) is 1.48. The summed E-state index contributed by atoms with van der Waals surface area (Å²) in [4.78, 5) is 11.1. The Balaban J connectivity index is 2.83. The van der Waals surface area contributed by atoms with Gasteiger partial charge in [0.25, 0.3) is 0 Å². The Bertz CT molecular complexity index is 245. The zero-order valence-electron chi connectivity index (χ0n) is 6.68. The maximum absolute atomic E-state index is 11.1. The van der Waals surface area contributed by atoms with Crippen LogP contribution in [0, 0.1) is 11.3 Å². The van der Waals surface area contributed by atoms with Gasteiger partial charge in [0, 0.05) is 17.6 Å². The highest BCUT2D eigenvalue weighted by Crippen LogP contribution is 2.25. The quantitative estimate of drug-likeness (QED) is 0.602. The van der Waals surface area contributed by atoms with Crippen LogP contribution in [0.2, 0.25) is 0 Å². The Labute approximate surface area is 66.5 Å². The molecule has 0 heterocycles. The lowest BCUT2D eigenvalue weighted by Crippen LogP contribution is -1.95. The average Bonchev–Trinajstić information content (AvgIpc) is 2.34. The van der Waals surface area contributed by atoms with Gasteiger partial charge >= 0.3 is 0 Å². The highest BCUT2D eigenvalue weighted by atomic mass is 16.1. The van der Waals surface area contributed by atoms with Crippen LogP contribution in [-0.4, -0.2) is 5.78 Å². The van der Waals surface area contributed by atoms with E-state index in [1.54, 1.807) is 0 Å². The van der Waals surface area contributed by atoms with Crippen molar-refractivity contribution in [3.05, 3.63) is 11.1 Å². The second-order valence-electron chi connectivity index (χ2n) is 2.74. The first-order valence-corrected chi connectivity index (χ1v) is 3.95. The van der Waals surface area contributed by atoms with E-state index in [-0.39, 0.29) is 5.78 Å². The Morgan fingerprint density at radius 1 is 1.55 bits per heavy atom. The van der Waals surface area contributed by atoms with Crippen LogP contribution in [0.5, 0.6) is 0 Å². The molecule has 2 nitrogen and oxygen atoms in total. The van der Waals surface area contributed by atoms with E-state index in [0.29, 0.717) is 12.8 Å². The first-order valence-electron chi connectivity index (χ1n) is 3.95. The SMILES string of the molecule is CCCC1=C(C#N)CCC1=O. The third-order valence-electron chi connectivity index (χ3n) is 1.94. The molecule has 11 heavy (non-hydrogen) atoms. The smallest absolute Gasteiger partial charge is 0.160 e. The van der Waals surface area contributed by atoms with E-state index in [1.165, 1.54) is 0 Å². The summed E-state index contributed by atoms with van der Waals surface area (Å²) in [7, 11) is 0. The van der Waals surface area contributed by atoms with E-state index in [4.69, 9.17) is 5.26 Å². The number of carbonyl (C=O) groups is 1. The molecule has 0 aromatic heterocycles. The molecule has 2 heteroatoms. The van der Waals surface area contributed by atoms with E-state index in [1.807, 2.05) is 6.92 Å². The first kappa shape index (κ1) is 8.00. The summed E-state index contributed by atoms with van der Waals surface area (Å²) < 4.78 is 0. The molecule has 0 atom stereocenters. The maximum atomic E-state index is 11.1. The van der Waals surface area contributed by atoms with Gasteiger partial charge in [0.15, 0.2) is 5.78 Å². The van der Waals surface area contributed by atoms with Crippen LogP contribution in [0.4, 0.5) is 0 Å². The molecule has 0 aliphatic heterocycles. The lowest BCUT2D eigenvalue weighted by Gasteiger charge is -1.95. The lowest BCUT2D eigenvalue weighted by molar-refractivity contribution is -0.115. The number of carbonyl (C=O) groups excluding carboxylic acids is 1. The molecule has 0 N–H and O–H groups in total. The molecule has 0 unspecified atom stereocenters. The van der Waals surface area contributed by atoms with Crippen LogP contribution < -0.4 is 0 Å². The molecule has 0 saturated carbocycles. The van der Waals surface area contributed by atoms with Gasteiger partial charge in [-0.15, -0.1) is 0 Å². The Morgan fingerprint density at radius 2 is 2.27 bits per heavy atom. The van der Waals surface area contributed by atoms with Gasteiger partial charge in [0.05, 0.1) is 6.07 Å². The number of ketones is 1. The third-order valence-corrected chi connectivity index (χ3v) is 1.94. The molecule has 0 aromatic carbocycles. The second kappa shape index (κ2) is 3.34. The van der Waals surface area contributed by atoms with Crippen molar-refractivity contribution in [3.63, 3.8) is 0 Å². The lowest BCUT2D eigenvalue weighted by atomic mass is 10.1. The van der Waals surface area contributed by atoms with Gasteiger partial charge in [-0.05, 0) is 12.8 Å². The molecule has 0 saturated heterocycles. The van der Waals surface area contributed by atoms with Crippen molar-refractivity contribution in [3.8, 4) is 6.07 Å². The fourth-order valence-corrected chi connectivity index (χ4v) is 1.37. The van der Waals surface area contributed by atoms with E-state index >= 15 is 0 Å². The van der Waals surface area contributed by atoms with E-state index in [0.717, 1.165) is 24.0 Å². The molecule has 0 amide bonds. The second-order valence-corrected chi connectivity index (χ2v) is 2.74. The van der Waals surface area contributed by atoms with Crippen molar-refractivity contribution in [1.29, 1.82) is 5.26 Å². The fourth-order valence-electron chi connectivity index (χ4n) is 1.37. The summed E-state index contributed by atoms with van der Waals surface area (Å²) in [5.41, 5.74) is 1.51. The maximum Gasteiger partial charge on any atom is 0.160 e. The molecule has 1 aliphatic rings. The fraction of sp³-hybridized carbons (Fsp3) is 0.556. The van der Waals surface area contributed by atoms with Crippen molar-refractivity contribution in [2.75, 3.05) is 0 Å². The molecule has 0 radical (unpaired) electrons. The molecule has 0 fully saturated rings. The minimum Gasteiger partial charge on any atom is -0.295 e. The standard InChI is InChI=1S/C9H11NO/c1-2-3-8-7(6-10)4-5-9(8)11/h2-5H2,1H3. The van der Waals surface area contributed by atoms with Gasteiger partial charge in [-0.25, -0.2) is 0 Å². The van der Waals surface area contributed by atoms with Crippen LogP contribution in [-0.2, 0) is 4.79 Å². The molecule has 1 rings (SSSR count). The zero-order valence-corrected chi connectivity index (χ0v) is 6.68. The number of allylic oxidation sites excluding steroid dienone is 2. The number of Topliss-reactive ketones (excluding diaryl/α,β-unsaturated/α-hetero) is 1. The van der Waals surface area contributed by atoms with Crippen LogP contribution in [0.1, 0.15) is 32.6 Å². The molecule has 0 bridgehead atoms. The van der Waals surface area contributed by atoms with Crippen LogP contribution in [0.3, 0.4) is 0 Å². The first-order chi connectivity index (χ1) is 5.29. The van der Waals surface area contributed by atoms with Gasteiger partial charge in [-0.3, -0.25) is 4.79 Å². The van der Waals surface area contributed by atoms with Crippen LogP contribution in [0.15, 0.2) is 11.1 Å². The summed E-state index contributed by atoms with van der Waals surface area (Å²) >= 11 is 0. The van der Waals surface area contributed by atoms with Gasteiger partial charge < -0.3 is 0 Å². The zero-order chi connectivity index (χ0) is 8.27. The van der Waals surface area contributed by atoms with Gasteiger partial charge in [-0.2, -0.15) is 5.26 Å². The molecule has 0 spiro atoms. The van der Waals surface area contributed by atoms with Crippen molar-refractivity contribution < 1.29 is 4.79 Å². The monoisotopic (exact) mass is 149 g/mol. The molecular weight excluding hydrogens is 138 g/mol. The van der Waals surface area contributed by atoms with Crippen LogP contribution >= 0.6 is 0 Å². The van der Waals surface area contributed by atoms with Crippen molar-refractivity contribution in [1.82, 2.24) is 0 Å². The summed E-state index contributed by atoms with van der Waals surface area (Å²) in [5, 5.41) is 8.62. The predicted octanol–water partition coefficient (Wildman–Crippen LogP) is 1.97. The van der Waals surface area contributed by atoms with Crippen molar-refractivity contribution in [2.24, 2.45) is 0 Å². The minimum absolute atomic E-state index is 0.184. The van der Waals surface area contributed by atoms with E-state index in [9.17, 15) is 4.79 Å². The van der Waals surface area contributed by atoms with Crippen LogP contribution in [0.25, 0.3) is 0 Å². The normalized spacial score (nSPS) is 17.3. The molecule has 0 aromatic rings. The molecule has 1 aliphatic carbocycles. The predicted molar refractivity (Wildman–Crippen MR) is 41.8 cm³/mol. The Kier molecular flexibility index (Phi) is 2.43. The van der Waals surface area contributed by atoms with Gasteiger partial charge in [0.2, 0.25) is 0 Å². The molecule has 58 valence electrons. The number of nitriles is 1. The van der Waals surface area contributed by atoms with Crippen molar-refractivity contribution >= 4 is 5.78 Å².